The van der Waals surface area contributed by atoms with E-state index in [0.717, 1.165) is 59.1 Å². The molecule has 0 bridgehead atoms. The first-order valence-electron chi connectivity index (χ1n) is 22.8. The Labute approximate surface area is 324 Å². The van der Waals surface area contributed by atoms with E-state index in [0.29, 0.717) is 11.1 Å². The maximum absolute atomic E-state index is 8.93. The molecule has 0 spiro atoms. The van der Waals surface area contributed by atoms with Crippen molar-refractivity contribution in [2.24, 2.45) is 0 Å². The minimum atomic E-state index is -0.503. The zero-order valence-electron chi connectivity index (χ0n) is 39.5. The summed E-state index contributed by atoms with van der Waals surface area (Å²) in [5.41, 5.74) is 5.35. The fraction of sp³-hybridized carbons (Fsp3) is 0. The summed E-state index contributed by atoms with van der Waals surface area (Å²) < 4.78 is 105. The topological polar surface area (TPSA) is 3.24 Å². The molecule has 1 aromatic heterocycles. The molecule has 0 radical (unpaired) electrons. The van der Waals surface area contributed by atoms with E-state index < -0.39 is 48.3 Å². The van der Waals surface area contributed by atoms with Crippen LogP contribution in [-0.2, 0) is 0 Å². The first-order chi connectivity index (χ1) is 30.8. The van der Waals surface area contributed by atoms with Crippen LogP contribution in [-0.4, -0.2) is 0 Å². The average Bonchev–Trinajstić information content (AvgIpc) is 3.70. The van der Waals surface area contributed by atoms with E-state index in [1.54, 1.807) is 23.5 Å². The Morgan fingerprint density at radius 1 is 0.404 bits per heavy atom. The quantitative estimate of drug-likeness (QED) is 0.168. The molecule has 1 heterocycles. The van der Waals surface area contributed by atoms with Crippen molar-refractivity contribution in [2.45, 2.75) is 0 Å². The Kier molecular flexibility index (Phi) is 4.98. The molecule has 0 unspecified atom stereocenters. The molecule has 0 saturated carbocycles. The van der Waals surface area contributed by atoms with Crippen LogP contribution in [0.15, 0.2) is 200 Å². The van der Waals surface area contributed by atoms with E-state index >= 15 is 0 Å². The molecule has 0 aliphatic rings. The van der Waals surface area contributed by atoms with Crippen molar-refractivity contribution >= 4 is 70.1 Å². The summed E-state index contributed by atoms with van der Waals surface area (Å²) in [5, 5.41) is 3.74. The highest BCUT2D eigenvalue weighted by atomic mass is 32.1. The summed E-state index contributed by atoms with van der Waals surface area (Å²) in [6.45, 7) is 0. The maximum Gasteiger partial charge on any atom is 0.0640 e. The van der Waals surface area contributed by atoms with Gasteiger partial charge in [0.05, 0.1) is 26.8 Å². The highest BCUT2D eigenvalue weighted by Crippen LogP contribution is 2.45. The molecule has 1 nitrogen and oxygen atoms in total. The van der Waals surface area contributed by atoms with Crippen molar-refractivity contribution in [2.75, 3.05) is 4.90 Å². The van der Waals surface area contributed by atoms with E-state index in [1.807, 2.05) is 91.0 Å². The van der Waals surface area contributed by atoms with Crippen molar-refractivity contribution in [1.29, 1.82) is 0 Å². The number of rotatable bonds is 6. The van der Waals surface area contributed by atoms with Crippen molar-refractivity contribution < 1.29 is 16.4 Å². The predicted molar refractivity (Wildman–Crippen MR) is 225 cm³/mol. The van der Waals surface area contributed by atoms with E-state index in [-0.39, 0.29) is 46.1 Å². The van der Waals surface area contributed by atoms with Crippen molar-refractivity contribution in [3.8, 4) is 33.4 Å². The summed E-state index contributed by atoms with van der Waals surface area (Å²) >= 11 is 1.68. The number of benzene rings is 9. The molecule has 0 atom stereocenters. The van der Waals surface area contributed by atoms with Gasteiger partial charge < -0.3 is 4.90 Å². The molecule has 2 heteroatoms. The second-order valence-electron chi connectivity index (χ2n) is 12.4. The van der Waals surface area contributed by atoms with E-state index in [2.05, 4.69) is 29.2 Å². The largest absolute Gasteiger partial charge is 0.309 e. The molecule has 52 heavy (non-hydrogen) atoms. The highest BCUT2D eigenvalue weighted by Gasteiger charge is 2.19. The molecule has 0 amide bonds. The molecule has 0 N–H and O–H groups in total. The average molecular weight is 692 g/mol. The third-order valence-electron chi connectivity index (χ3n) is 9.44. The second kappa shape index (κ2) is 12.7. The zero-order valence-corrected chi connectivity index (χ0v) is 28.3. The van der Waals surface area contributed by atoms with E-state index in [4.69, 9.17) is 16.4 Å². The summed E-state index contributed by atoms with van der Waals surface area (Å²) in [6.07, 6.45) is 0. The Hall–Kier alpha value is -6.48. The Balaban J connectivity index is 1.14. The molecular formula is C50H33NS. The predicted octanol–water partition coefficient (Wildman–Crippen LogP) is 14.8. The molecule has 10 rings (SSSR count). The minimum absolute atomic E-state index is 0.0238. The lowest BCUT2D eigenvalue weighted by molar-refractivity contribution is 1.30. The van der Waals surface area contributed by atoms with Gasteiger partial charge in [-0.1, -0.05) is 151 Å². The normalized spacial score (nSPS) is 14.7. The number of nitrogens with zero attached hydrogens (tertiary/aromatic N) is 1. The van der Waals surface area contributed by atoms with Crippen molar-refractivity contribution in [3.05, 3.63) is 200 Å². The van der Waals surface area contributed by atoms with Gasteiger partial charge in [0.2, 0.25) is 0 Å². The lowest BCUT2D eigenvalue weighted by Crippen LogP contribution is -2.10. The molecule has 244 valence electrons. The molecule has 0 aliphatic heterocycles. The highest BCUT2D eigenvalue weighted by molar-refractivity contribution is 7.26. The first-order valence-corrected chi connectivity index (χ1v) is 17.6. The van der Waals surface area contributed by atoms with Gasteiger partial charge in [-0.15, -0.1) is 11.3 Å². The van der Waals surface area contributed by atoms with Crippen LogP contribution in [0.3, 0.4) is 0 Å². The summed E-state index contributed by atoms with van der Waals surface area (Å²) in [7, 11) is 0. The summed E-state index contributed by atoms with van der Waals surface area (Å²) in [6, 6.07) is 36.5. The lowest BCUT2D eigenvalue weighted by atomic mass is 9.93. The van der Waals surface area contributed by atoms with Crippen molar-refractivity contribution in [3.63, 3.8) is 0 Å². The van der Waals surface area contributed by atoms with Crippen LogP contribution in [0, 0.1) is 0 Å². The van der Waals surface area contributed by atoms with Gasteiger partial charge in [0.25, 0.3) is 0 Å². The summed E-state index contributed by atoms with van der Waals surface area (Å²) in [4.78, 5) is 2.12. The standard InChI is InChI=1S/C50H33NS/c1-2-12-36(13-3-1)47-33-39(32-38-15-5-7-18-44(38)47)34-24-28-40(29-25-34)51(48-22-11-21-46-45-19-8-9-23-49(45)52-50(46)48)41-30-26-37(27-31-41)43-20-10-16-35-14-4-6-17-42(35)43/h1-33H/i1D,2D,3D,4D,6D,10D,12D,13D,14D,16D,17D,20D. The van der Waals surface area contributed by atoms with Crippen LogP contribution in [0.25, 0.3) is 75.1 Å². The van der Waals surface area contributed by atoms with Crippen molar-refractivity contribution in [1.82, 2.24) is 0 Å². The van der Waals surface area contributed by atoms with Crippen LogP contribution in [0.2, 0.25) is 0 Å². The van der Waals surface area contributed by atoms with Gasteiger partial charge in [-0.2, -0.15) is 0 Å². The van der Waals surface area contributed by atoms with Crippen LogP contribution in [0.1, 0.15) is 16.4 Å². The number of fused-ring (bicyclic) bond motifs is 5. The van der Waals surface area contributed by atoms with Gasteiger partial charge in [0, 0.05) is 26.8 Å². The minimum Gasteiger partial charge on any atom is -0.309 e. The molecular weight excluding hydrogens is 647 g/mol. The summed E-state index contributed by atoms with van der Waals surface area (Å²) in [5.74, 6) is 0. The molecule has 0 aliphatic carbocycles. The van der Waals surface area contributed by atoms with Gasteiger partial charge in [-0.25, -0.2) is 0 Å². The Bertz CT molecular complexity index is 3550. The Morgan fingerprint density at radius 3 is 1.90 bits per heavy atom. The molecule has 10 aromatic rings. The molecule has 0 saturated heterocycles. The first kappa shape index (κ1) is 20.4. The van der Waals surface area contributed by atoms with Crippen LogP contribution >= 0.6 is 11.3 Å². The smallest absolute Gasteiger partial charge is 0.0640 e. The van der Waals surface area contributed by atoms with Crippen LogP contribution in [0.5, 0.6) is 0 Å². The van der Waals surface area contributed by atoms with E-state index in [9.17, 15) is 0 Å². The van der Waals surface area contributed by atoms with Gasteiger partial charge in [-0.05, 0) is 103 Å². The number of thiophene rings is 1. The maximum atomic E-state index is 8.93. The second-order valence-corrected chi connectivity index (χ2v) is 13.5. The monoisotopic (exact) mass is 691 g/mol. The number of hydrogen-bond donors (Lipinski definition) is 0. The Morgan fingerprint density at radius 2 is 1.08 bits per heavy atom. The van der Waals surface area contributed by atoms with Crippen LogP contribution < -0.4 is 4.90 Å². The number of anilines is 3. The lowest BCUT2D eigenvalue weighted by Gasteiger charge is -2.26. The van der Waals surface area contributed by atoms with E-state index in [1.165, 1.54) is 0 Å². The zero-order chi connectivity index (χ0) is 44.9. The fourth-order valence-electron chi connectivity index (χ4n) is 7.01. The molecule has 9 aromatic carbocycles. The van der Waals surface area contributed by atoms with Crippen LogP contribution in [0.4, 0.5) is 17.1 Å². The van der Waals surface area contributed by atoms with Gasteiger partial charge in [0.1, 0.15) is 0 Å². The third kappa shape index (κ3) is 5.24. The van der Waals surface area contributed by atoms with Gasteiger partial charge in [-0.3, -0.25) is 0 Å². The van der Waals surface area contributed by atoms with Gasteiger partial charge >= 0.3 is 0 Å². The molecule has 0 fully saturated rings. The number of hydrogen-bond acceptors (Lipinski definition) is 2. The van der Waals surface area contributed by atoms with Gasteiger partial charge in [0.15, 0.2) is 0 Å². The third-order valence-corrected chi connectivity index (χ3v) is 10.7. The SMILES string of the molecule is [2H]c1c([2H])c([2H])c(-c2cc(-c3ccc(N(c4ccc(-c5c([2H])c([2H])c([2H])c6c([2H])c([2H])c([2H])c([2H])c56)cc4)c4cccc5c4sc4ccccc45)cc3)cc3ccccc23)c([2H])c1[2H]. The fourth-order valence-corrected chi connectivity index (χ4v) is 8.22.